The van der Waals surface area contributed by atoms with E-state index in [1.54, 1.807) is 26.8 Å². The zero-order valence-electron chi connectivity index (χ0n) is 20.9. The lowest BCUT2D eigenvalue weighted by molar-refractivity contribution is -0.148. The second-order valence-corrected chi connectivity index (χ2v) is 9.04. The van der Waals surface area contributed by atoms with Crippen molar-refractivity contribution >= 4 is 29.4 Å². The molecule has 34 heavy (non-hydrogen) atoms. The van der Waals surface area contributed by atoms with Crippen molar-refractivity contribution in [3.63, 3.8) is 0 Å². The smallest absolute Gasteiger partial charge is 0.341 e. The largest absolute Gasteiger partial charge is 0.480 e. The van der Waals surface area contributed by atoms with E-state index in [-0.39, 0.29) is 47.8 Å². The van der Waals surface area contributed by atoms with Crippen LogP contribution in [-0.2, 0) is 30.5 Å². The summed E-state index contributed by atoms with van der Waals surface area (Å²) in [5.74, 6) is -2.52. The highest BCUT2D eigenvalue weighted by atomic mass is 16.5. The average Bonchev–Trinajstić information content (AvgIpc) is 2.74. The van der Waals surface area contributed by atoms with E-state index in [0.717, 1.165) is 0 Å². The van der Waals surface area contributed by atoms with Crippen molar-refractivity contribution in [3.8, 4) is 5.75 Å². The van der Waals surface area contributed by atoms with Crippen LogP contribution in [0.2, 0.25) is 0 Å². The Morgan fingerprint density at radius 2 is 1.62 bits per heavy atom. The topological polar surface area (TPSA) is 143 Å². The van der Waals surface area contributed by atoms with Gasteiger partial charge in [0, 0.05) is 6.04 Å². The van der Waals surface area contributed by atoms with Gasteiger partial charge in [-0.1, -0.05) is 47.6 Å². The van der Waals surface area contributed by atoms with Gasteiger partial charge >= 0.3 is 11.9 Å². The molecular formula is C24H37N3O7. The van der Waals surface area contributed by atoms with Crippen molar-refractivity contribution in [1.82, 2.24) is 10.6 Å². The van der Waals surface area contributed by atoms with Crippen LogP contribution in [0.4, 0.5) is 5.69 Å². The lowest BCUT2D eigenvalue weighted by atomic mass is 10.0. The third-order valence-corrected chi connectivity index (χ3v) is 4.72. The van der Waals surface area contributed by atoms with E-state index in [1.165, 1.54) is 12.1 Å². The van der Waals surface area contributed by atoms with E-state index in [2.05, 4.69) is 16.0 Å². The standard InChI is InChI=1S/C24H37N3O7/c1-13(2)21(25-15(5)6)23(31)26-16(7)22(30)27-18-9-8-17(11-34-24(32)14(3)4)10-19(18)33-12-20(28)29/h8-10,13-16,21,25H,11-12H2,1-7H3,(H,26,31)(H,27,30)(H,28,29)/t16-,21-/m0/s1. The normalized spacial score (nSPS) is 12.9. The van der Waals surface area contributed by atoms with Gasteiger partial charge in [0.05, 0.1) is 17.6 Å². The third-order valence-electron chi connectivity index (χ3n) is 4.72. The maximum absolute atomic E-state index is 12.7. The molecule has 0 aliphatic carbocycles. The Labute approximate surface area is 200 Å². The summed E-state index contributed by atoms with van der Waals surface area (Å²) >= 11 is 0. The van der Waals surface area contributed by atoms with Crippen molar-refractivity contribution < 1.29 is 33.8 Å². The minimum atomic E-state index is -1.19. The fourth-order valence-electron chi connectivity index (χ4n) is 2.88. The van der Waals surface area contributed by atoms with Crippen LogP contribution in [0.5, 0.6) is 5.75 Å². The molecular weight excluding hydrogens is 442 g/mol. The molecule has 0 aromatic heterocycles. The number of carboxylic acid groups (broad SMARTS) is 1. The first-order valence-corrected chi connectivity index (χ1v) is 11.3. The quantitative estimate of drug-likeness (QED) is 0.316. The third kappa shape index (κ3) is 9.78. The minimum Gasteiger partial charge on any atom is -0.480 e. The molecule has 1 aromatic carbocycles. The number of aliphatic carboxylic acids is 1. The van der Waals surface area contributed by atoms with Gasteiger partial charge in [0.15, 0.2) is 6.61 Å². The number of ether oxygens (including phenoxy) is 2. The summed E-state index contributed by atoms with van der Waals surface area (Å²) in [4.78, 5) is 48.1. The number of hydrogen-bond acceptors (Lipinski definition) is 7. The molecule has 0 bridgehead atoms. The summed E-state index contributed by atoms with van der Waals surface area (Å²) in [5.41, 5.74) is 0.792. The average molecular weight is 480 g/mol. The van der Waals surface area contributed by atoms with Crippen LogP contribution in [0.1, 0.15) is 54.0 Å². The van der Waals surface area contributed by atoms with Crippen LogP contribution >= 0.6 is 0 Å². The summed E-state index contributed by atoms with van der Waals surface area (Å²) in [7, 11) is 0. The van der Waals surface area contributed by atoms with E-state index in [0.29, 0.717) is 5.56 Å². The number of anilines is 1. The molecule has 190 valence electrons. The molecule has 0 saturated heterocycles. The molecule has 0 fully saturated rings. The molecule has 0 aliphatic rings. The molecule has 1 aromatic rings. The molecule has 0 heterocycles. The first kappa shape index (κ1) is 28.9. The lowest BCUT2D eigenvalue weighted by Crippen LogP contribution is -2.53. The van der Waals surface area contributed by atoms with E-state index in [9.17, 15) is 19.2 Å². The van der Waals surface area contributed by atoms with Gasteiger partial charge in [-0.2, -0.15) is 0 Å². The number of carboxylic acids is 1. The van der Waals surface area contributed by atoms with Gasteiger partial charge in [-0.05, 0) is 30.5 Å². The Kier molecular flexibility index (Phi) is 11.5. The second kappa shape index (κ2) is 13.5. The first-order valence-electron chi connectivity index (χ1n) is 11.3. The van der Waals surface area contributed by atoms with Crippen molar-refractivity contribution in [2.24, 2.45) is 11.8 Å². The summed E-state index contributed by atoms with van der Waals surface area (Å²) in [5, 5.41) is 17.5. The van der Waals surface area contributed by atoms with Gasteiger partial charge in [0.25, 0.3) is 0 Å². The number of rotatable bonds is 13. The zero-order valence-corrected chi connectivity index (χ0v) is 20.9. The first-order chi connectivity index (χ1) is 15.8. The van der Waals surface area contributed by atoms with Crippen molar-refractivity contribution in [2.45, 2.75) is 73.2 Å². The molecule has 2 atom stereocenters. The molecule has 0 aliphatic heterocycles. The lowest BCUT2D eigenvalue weighted by Gasteiger charge is -2.25. The number of carbonyl (C=O) groups is 4. The second-order valence-electron chi connectivity index (χ2n) is 9.04. The Morgan fingerprint density at radius 1 is 0.971 bits per heavy atom. The highest BCUT2D eigenvalue weighted by Gasteiger charge is 2.26. The van der Waals surface area contributed by atoms with E-state index in [4.69, 9.17) is 14.6 Å². The van der Waals surface area contributed by atoms with Gasteiger partial charge in [0.2, 0.25) is 11.8 Å². The molecule has 10 nitrogen and oxygen atoms in total. The van der Waals surface area contributed by atoms with E-state index >= 15 is 0 Å². The molecule has 0 unspecified atom stereocenters. The van der Waals surface area contributed by atoms with Crippen LogP contribution in [-0.4, -0.2) is 53.6 Å². The Hall–Kier alpha value is -3.14. The Balaban J connectivity index is 2.94. The number of hydrogen-bond donors (Lipinski definition) is 4. The number of benzene rings is 1. The maximum atomic E-state index is 12.7. The zero-order chi connectivity index (χ0) is 26.0. The van der Waals surface area contributed by atoms with E-state index in [1.807, 2.05) is 27.7 Å². The van der Waals surface area contributed by atoms with Gasteiger partial charge < -0.3 is 30.5 Å². The fraction of sp³-hybridized carbons (Fsp3) is 0.583. The van der Waals surface area contributed by atoms with Gasteiger partial charge in [-0.25, -0.2) is 4.79 Å². The summed E-state index contributed by atoms with van der Waals surface area (Å²) in [6.45, 7) is 12.0. The highest BCUT2D eigenvalue weighted by Crippen LogP contribution is 2.27. The van der Waals surface area contributed by atoms with Crippen LogP contribution in [0.3, 0.4) is 0 Å². The Morgan fingerprint density at radius 3 is 2.15 bits per heavy atom. The number of nitrogens with one attached hydrogen (secondary N) is 3. The van der Waals surface area contributed by atoms with Crippen LogP contribution < -0.4 is 20.7 Å². The predicted octanol–water partition coefficient (Wildman–Crippen LogP) is 2.32. The summed E-state index contributed by atoms with van der Waals surface area (Å²) in [6, 6.07) is 3.42. The predicted molar refractivity (Wildman–Crippen MR) is 127 cm³/mol. The highest BCUT2D eigenvalue weighted by molar-refractivity contribution is 5.98. The number of amides is 2. The summed E-state index contributed by atoms with van der Waals surface area (Å²) in [6.07, 6.45) is 0. The molecule has 0 radical (unpaired) electrons. The molecule has 0 saturated carbocycles. The van der Waals surface area contributed by atoms with E-state index < -0.39 is 30.6 Å². The molecule has 1 rings (SSSR count). The molecule has 0 spiro atoms. The monoisotopic (exact) mass is 479 g/mol. The Bertz CT molecular complexity index is 868. The van der Waals surface area contributed by atoms with Gasteiger partial charge in [0.1, 0.15) is 18.4 Å². The molecule has 2 amide bonds. The van der Waals surface area contributed by atoms with Gasteiger partial charge in [-0.3, -0.25) is 14.4 Å². The van der Waals surface area contributed by atoms with Crippen molar-refractivity contribution in [3.05, 3.63) is 23.8 Å². The minimum absolute atomic E-state index is 0.0195. The SMILES string of the molecule is CC(C)N[C@H](C(=O)N[C@@H](C)C(=O)Nc1ccc(COC(=O)C(C)C)cc1OCC(=O)O)C(C)C. The summed E-state index contributed by atoms with van der Waals surface area (Å²) < 4.78 is 10.5. The van der Waals surface area contributed by atoms with Crippen molar-refractivity contribution in [2.75, 3.05) is 11.9 Å². The fourth-order valence-corrected chi connectivity index (χ4v) is 2.88. The van der Waals surface area contributed by atoms with Gasteiger partial charge in [-0.15, -0.1) is 0 Å². The van der Waals surface area contributed by atoms with Crippen molar-refractivity contribution in [1.29, 1.82) is 0 Å². The molecule has 4 N–H and O–H groups in total. The molecule has 10 heteroatoms. The maximum Gasteiger partial charge on any atom is 0.341 e. The number of esters is 1. The van der Waals surface area contributed by atoms with Crippen LogP contribution in [0.15, 0.2) is 18.2 Å². The van der Waals surface area contributed by atoms with Crippen LogP contribution in [0.25, 0.3) is 0 Å². The number of carbonyl (C=O) groups excluding carboxylic acids is 3. The van der Waals surface area contributed by atoms with Crippen LogP contribution in [0, 0.1) is 11.8 Å².